The Balaban J connectivity index is 1.71. The molecule has 3 rings (SSSR count). The topological polar surface area (TPSA) is 80.3 Å². The highest BCUT2D eigenvalue weighted by Gasteiger charge is 2.12. The van der Waals surface area contributed by atoms with Crippen LogP contribution >= 0.6 is 0 Å². The molecule has 0 atom stereocenters. The highest BCUT2D eigenvalue weighted by atomic mass is 16.5. The monoisotopic (exact) mass is 361 g/mol. The van der Waals surface area contributed by atoms with Crippen LogP contribution in [-0.2, 0) is 0 Å². The second kappa shape index (κ2) is 8.14. The largest absolute Gasteiger partial charge is 0.497 e. The number of carbonyl (C=O) groups excluding carboxylic acids is 2. The van der Waals surface area contributed by atoms with Crippen LogP contribution in [0.3, 0.4) is 0 Å². The Morgan fingerprint density at radius 3 is 2.07 bits per heavy atom. The first-order valence-corrected chi connectivity index (χ1v) is 8.33. The number of aromatic nitrogens is 1. The van der Waals surface area contributed by atoms with Gasteiger partial charge in [0.2, 0.25) is 0 Å². The first-order valence-electron chi connectivity index (χ1n) is 8.33. The molecule has 6 heteroatoms. The predicted molar refractivity (Wildman–Crippen MR) is 104 cm³/mol. The van der Waals surface area contributed by atoms with E-state index in [4.69, 9.17) is 4.74 Å². The Hall–Kier alpha value is -3.67. The Morgan fingerprint density at radius 2 is 1.48 bits per heavy atom. The SMILES string of the molecule is COc1ccc(NC(=O)c2cncc(C(=O)Nc3cccc(C)c3)c2)cc1. The second-order valence-electron chi connectivity index (χ2n) is 5.97. The molecule has 0 fully saturated rings. The number of ether oxygens (including phenoxy) is 1. The van der Waals surface area contributed by atoms with E-state index in [1.165, 1.54) is 18.5 Å². The van der Waals surface area contributed by atoms with E-state index in [-0.39, 0.29) is 11.8 Å². The molecule has 0 spiro atoms. The summed E-state index contributed by atoms with van der Waals surface area (Å²) in [4.78, 5) is 28.9. The summed E-state index contributed by atoms with van der Waals surface area (Å²) in [5.74, 6) is 0.0227. The molecular weight excluding hydrogens is 342 g/mol. The molecule has 2 amide bonds. The minimum absolute atomic E-state index is 0.294. The summed E-state index contributed by atoms with van der Waals surface area (Å²) in [6.07, 6.45) is 2.84. The van der Waals surface area contributed by atoms with Crippen LogP contribution in [0.1, 0.15) is 26.3 Å². The molecule has 0 radical (unpaired) electrons. The predicted octanol–water partition coefficient (Wildman–Crippen LogP) is 3.90. The van der Waals surface area contributed by atoms with Crippen LogP contribution in [0.5, 0.6) is 5.75 Å². The lowest BCUT2D eigenvalue weighted by molar-refractivity contribution is 0.102. The van der Waals surface area contributed by atoms with Crippen molar-refractivity contribution in [2.75, 3.05) is 17.7 Å². The van der Waals surface area contributed by atoms with Crippen molar-refractivity contribution in [3.63, 3.8) is 0 Å². The smallest absolute Gasteiger partial charge is 0.257 e. The fourth-order valence-corrected chi connectivity index (χ4v) is 2.49. The normalized spacial score (nSPS) is 10.1. The number of benzene rings is 2. The quantitative estimate of drug-likeness (QED) is 0.722. The summed E-state index contributed by atoms with van der Waals surface area (Å²) in [7, 11) is 1.58. The number of carbonyl (C=O) groups is 2. The van der Waals surface area contributed by atoms with Crippen molar-refractivity contribution in [1.82, 2.24) is 4.98 Å². The second-order valence-corrected chi connectivity index (χ2v) is 5.97. The van der Waals surface area contributed by atoms with Crippen LogP contribution in [0.15, 0.2) is 67.0 Å². The van der Waals surface area contributed by atoms with Crippen molar-refractivity contribution in [3.8, 4) is 5.75 Å². The zero-order valence-corrected chi connectivity index (χ0v) is 15.0. The Kier molecular flexibility index (Phi) is 5.47. The number of aryl methyl sites for hydroxylation is 1. The van der Waals surface area contributed by atoms with E-state index in [2.05, 4.69) is 15.6 Å². The maximum atomic E-state index is 12.4. The maximum absolute atomic E-state index is 12.4. The molecule has 0 saturated heterocycles. The van der Waals surface area contributed by atoms with Gasteiger partial charge in [0.15, 0.2) is 0 Å². The highest BCUT2D eigenvalue weighted by Crippen LogP contribution is 2.16. The Bertz CT molecular complexity index is 968. The third-order valence-electron chi connectivity index (χ3n) is 3.89. The zero-order valence-electron chi connectivity index (χ0n) is 15.0. The van der Waals surface area contributed by atoms with Gasteiger partial charge in [-0.15, -0.1) is 0 Å². The van der Waals surface area contributed by atoms with E-state index in [1.54, 1.807) is 37.4 Å². The van der Waals surface area contributed by atoms with E-state index in [0.29, 0.717) is 28.3 Å². The van der Waals surface area contributed by atoms with Crippen molar-refractivity contribution < 1.29 is 14.3 Å². The minimum atomic E-state index is -0.349. The zero-order chi connectivity index (χ0) is 19.2. The summed E-state index contributed by atoms with van der Waals surface area (Å²) in [5, 5.41) is 5.57. The van der Waals surface area contributed by atoms with Crippen molar-refractivity contribution in [2.45, 2.75) is 6.92 Å². The molecule has 0 aliphatic carbocycles. The number of nitrogens with one attached hydrogen (secondary N) is 2. The molecule has 2 N–H and O–H groups in total. The number of pyridine rings is 1. The van der Waals surface area contributed by atoms with Gasteiger partial charge in [-0.2, -0.15) is 0 Å². The summed E-state index contributed by atoms with van der Waals surface area (Å²) in [6.45, 7) is 1.95. The Morgan fingerprint density at radius 1 is 0.852 bits per heavy atom. The maximum Gasteiger partial charge on any atom is 0.257 e. The van der Waals surface area contributed by atoms with Gasteiger partial charge < -0.3 is 15.4 Å². The van der Waals surface area contributed by atoms with Crippen LogP contribution in [0.25, 0.3) is 0 Å². The molecule has 0 saturated carbocycles. The number of methoxy groups -OCH3 is 1. The van der Waals surface area contributed by atoms with Gasteiger partial charge >= 0.3 is 0 Å². The lowest BCUT2D eigenvalue weighted by atomic mass is 10.1. The van der Waals surface area contributed by atoms with Crippen molar-refractivity contribution in [2.24, 2.45) is 0 Å². The molecule has 0 bridgehead atoms. The van der Waals surface area contributed by atoms with E-state index < -0.39 is 0 Å². The van der Waals surface area contributed by atoms with Crippen LogP contribution < -0.4 is 15.4 Å². The molecule has 0 aliphatic rings. The summed E-state index contributed by atoms with van der Waals surface area (Å²) < 4.78 is 5.09. The van der Waals surface area contributed by atoms with E-state index in [1.807, 2.05) is 25.1 Å². The van der Waals surface area contributed by atoms with Crippen LogP contribution in [0.4, 0.5) is 11.4 Å². The molecule has 3 aromatic rings. The minimum Gasteiger partial charge on any atom is -0.497 e. The van der Waals surface area contributed by atoms with Gasteiger partial charge in [-0.25, -0.2) is 0 Å². The average Bonchev–Trinajstić information content (AvgIpc) is 2.68. The molecule has 1 aromatic heterocycles. The summed E-state index contributed by atoms with van der Waals surface area (Å²) >= 11 is 0. The van der Waals surface area contributed by atoms with Crippen molar-refractivity contribution in [1.29, 1.82) is 0 Å². The third-order valence-corrected chi connectivity index (χ3v) is 3.89. The fraction of sp³-hybridized carbons (Fsp3) is 0.0952. The van der Waals surface area contributed by atoms with Crippen molar-refractivity contribution >= 4 is 23.2 Å². The number of hydrogen-bond acceptors (Lipinski definition) is 4. The van der Waals surface area contributed by atoms with Gasteiger partial charge in [-0.1, -0.05) is 12.1 Å². The van der Waals surface area contributed by atoms with Gasteiger partial charge in [0.1, 0.15) is 5.75 Å². The van der Waals surface area contributed by atoms with Crippen LogP contribution in [0.2, 0.25) is 0 Å². The number of hydrogen-bond donors (Lipinski definition) is 2. The standard InChI is InChI=1S/C21H19N3O3/c1-14-4-3-5-18(10-14)24-21(26)16-11-15(12-22-13-16)20(25)23-17-6-8-19(27-2)9-7-17/h3-13H,1-2H3,(H,23,25)(H,24,26). The molecule has 0 aliphatic heterocycles. The number of nitrogens with zero attached hydrogens (tertiary/aromatic N) is 1. The lowest BCUT2D eigenvalue weighted by Gasteiger charge is -2.08. The number of anilines is 2. The first-order chi connectivity index (χ1) is 13.0. The molecular formula is C21H19N3O3. The molecule has 2 aromatic carbocycles. The first kappa shape index (κ1) is 18.1. The van der Waals surface area contributed by atoms with Crippen LogP contribution in [-0.4, -0.2) is 23.9 Å². The molecule has 1 heterocycles. The van der Waals surface area contributed by atoms with Gasteiger partial charge in [0.05, 0.1) is 18.2 Å². The Labute approximate surface area is 157 Å². The summed E-state index contributed by atoms with van der Waals surface area (Å²) in [6, 6.07) is 16.0. The third kappa shape index (κ3) is 4.70. The lowest BCUT2D eigenvalue weighted by Crippen LogP contribution is -2.16. The van der Waals surface area contributed by atoms with E-state index >= 15 is 0 Å². The molecule has 6 nitrogen and oxygen atoms in total. The average molecular weight is 361 g/mol. The molecule has 136 valence electrons. The number of amides is 2. The van der Waals surface area contributed by atoms with Gasteiger partial charge in [-0.3, -0.25) is 14.6 Å². The van der Waals surface area contributed by atoms with Crippen LogP contribution in [0, 0.1) is 6.92 Å². The molecule has 27 heavy (non-hydrogen) atoms. The molecule has 0 unspecified atom stereocenters. The van der Waals surface area contributed by atoms with Gasteiger partial charge in [0.25, 0.3) is 11.8 Å². The fourth-order valence-electron chi connectivity index (χ4n) is 2.49. The van der Waals surface area contributed by atoms with E-state index in [9.17, 15) is 9.59 Å². The van der Waals surface area contributed by atoms with Crippen molar-refractivity contribution in [3.05, 3.63) is 83.7 Å². The van der Waals surface area contributed by atoms with E-state index in [0.717, 1.165) is 5.56 Å². The number of rotatable bonds is 5. The van der Waals surface area contributed by atoms with Gasteiger partial charge in [0, 0.05) is 23.8 Å². The summed E-state index contributed by atoms with van der Waals surface area (Å²) in [5.41, 5.74) is 2.95. The van der Waals surface area contributed by atoms with Gasteiger partial charge in [-0.05, 0) is 55.0 Å². The highest BCUT2D eigenvalue weighted by molar-refractivity contribution is 6.08.